The maximum atomic E-state index is 11.5. The zero-order valence-corrected chi connectivity index (χ0v) is 10.2. The van der Waals surface area contributed by atoms with Crippen LogP contribution in [0.2, 0.25) is 0 Å². The van der Waals surface area contributed by atoms with Crippen molar-refractivity contribution in [3.63, 3.8) is 0 Å². The van der Waals surface area contributed by atoms with E-state index in [2.05, 4.69) is 5.29 Å². The third-order valence-corrected chi connectivity index (χ3v) is 2.72. The second-order valence-electron chi connectivity index (χ2n) is 3.76. The number of alkyl halides is 1. The van der Waals surface area contributed by atoms with Crippen molar-refractivity contribution in [2.75, 3.05) is 6.61 Å². The number of hydrogen-bond donors (Lipinski definition) is 4. The number of carbonyl (C=O) groups is 1. The lowest BCUT2D eigenvalue weighted by molar-refractivity contribution is -0.220. The Morgan fingerprint density at radius 2 is 2.11 bits per heavy atom. The lowest BCUT2D eigenvalue weighted by atomic mass is 10.0. The van der Waals surface area contributed by atoms with E-state index in [0.717, 1.165) is 4.90 Å². The molecule has 0 radical (unpaired) electrons. The number of aliphatic hydroxyl groups is 3. The van der Waals surface area contributed by atoms with Crippen LogP contribution >= 0.6 is 11.6 Å². The first-order valence-corrected chi connectivity index (χ1v) is 5.54. The topological polar surface area (TPSA) is 132 Å². The highest BCUT2D eigenvalue weighted by Gasteiger charge is 2.43. The van der Waals surface area contributed by atoms with Gasteiger partial charge in [-0.15, -0.1) is 4.91 Å². The molecule has 0 aliphatic carbocycles. The van der Waals surface area contributed by atoms with Crippen LogP contribution in [0.5, 0.6) is 0 Å². The van der Waals surface area contributed by atoms with Crippen molar-refractivity contribution in [1.29, 1.82) is 0 Å². The summed E-state index contributed by atoms with van der Waals surface area (Å²) in [6.45, 7) is 1.12. The van der Waals surface area contributed by atoms with Crippen molar-refractivity contribution in [2.24, 2.45) is 5.29 Å². The van der Waals surface area contributed by atoms with E-state index in [9.17, 15) is 25.0 Å². The van der Waals surface area contributed by atoms with Gasteiger partial charge in [0.05, 0.1) is 11.9 Å². The first-order chi connectivity index (χ1) is 8.40. The quantitative estimate of drug-likeness (QED) is 0.220. The van der Waals surface area contributed by atoms with Crippen molar-refractivity contribution < 1.29 is 24.9 Å². The lowest BCUT2D eigenvalue weighted by Crippen LogP contribution is -2.62. The Morgan fingerprint density at radius 1 is 1.50 bits per heavy atom. The number of halogens is 1. The van der Waals surface area contributed by atoms with Gasteiger partial charge < -0.3 is 20.1 Å². The summed E-state index contributed by atoms with van der Waals surface area (Å²) in [6, 6.07) is -0.986. The average Bonchev–Trinajstić information content (AvgIpc) is 2.29. The molecule has 1 aliphatic heterocycles. The third-order valence-electron chi connectivity index (χ3n) is 2.51. The monoisotopic (exact) mass is 283 g/mol. The predicted molar refractivity (Wildman–Crippen MR) is 59.2 cm³/mol. The van der Waals surface area contributed by atoms with Crippen molar-refractivity contribution in [3.05, 3.63) is 4.91 Å². The normalized spacial score (nSPS) is 33.6. The lowest BCUT2D eigenvalue weighted by Gasteiger charge is -2.41. The largest absolute Gasteiger partial charge is 0.388 e. The smallest absolute Gasteiger partial charge is 0.343 e. The van der Waals surface area contributed by atoms with E-state index in [1.165, 1.54) is 6.92 Å². The number of urea groups is 1. The van der Waals surface area contributed by atoms with E-state index in [1.54, 1.807) is 5.43 Å². The van der Waals surface area contributed by atoms with Crippen LogP contribution in [0.3, 0.4) is 0 Å². The molecule has 0 aromatic heterocycles. The maximum absolute atomic E-state index is 11.5. The summed E-state index contributed by atoms with van der Waals surface area (Å²) < 4.78 is 5.04. The molecular weight excluding hydrogens is 270 g/mol. The van der Waals surface area contributed by atoms with Gasteiger partial charge in [0.15, 0.2) is 6.23 Å². The molecule has 1 saturated heterocycles. The van der Waals surface area contributed by atoms with E-state index >= 15 is 0 Å². The molecule has 0 saturated carbocycles. The van der Waals surface area contributed by atoms with Crippen LogP contribution in [0.4, 0.5) is 4.79 Å². The minimum Gasteiger partial charge on any atom is -0.388 e. The first-order valence-electron chi connectivity index (χ1n) is 5.10. The van der Waals surface area contributed by atoms with E-state index < -0.39 is 36.1 Å². The number of nitrogens with one attached hydrogen (secondary N) is 1. The van der Waals surface area contributed by atoms with Crippen LogP contribution in [-0.2, 0) is 4.74 Å². The Labute approximate surface area is 107 Å². The van der Waals surface area contributed by atoms with Gasteiger partial charge in [-0.25, -0.2) is 4.79 Å². The van der Waals surface area contributed by atoms with Gasteiger partial charge in [0, 0.05) is 0 Å². The minimum atomic E-state index is -1.56. The van der Waals surface area contributed by atoms with E-state index in [1.807, 2.05) is 0 Å². The van der Waals surface area contributed by atoms with Gasteiger partial charge >= 0.3 is 6.03 Å². The molecule has 18 heavy (non-hydrogen) atoms. The Hall–Kier alpha value is -1.00. The summed E-state index contributed by atoms with van der Waals surface area (Å²) in [5.74, 6) is 0. The van der Waals surface area contributed by atoms with Crippen molar-refractivity contribution in [3.8, 4) is 0 Å². The number of nitroso groups, excluding NO2 is 1. The van der Waals surface area contributed by atoms with Gasteiger partial charge in [-0.05, 0) is 6.92 Å². The Bertz CT molecular complexity index is 317. The molecule has 9 nitrogen and oxygen atoms in total. The predicted octanol–water partition coefficient (Wildman–Crippen LogP) is -1.30. The summed E-state index contributed by atoms with van der Waals surface area (Å²) in [6.07, 6.45) is -5.61. The van der Waals surface area contributed by atoms with Crippen LogP contribution in [-0.4, -0.2) is 62.9 Å². The molecule has 2 unspecified atom stereocenters. The molecule has 0 aromatic rings. The highest BCUT2D eigenvalue weighted by molar-refractivity contribution is 6.21. The van der Waals surface area contributed by atoms with Gasteiger partial charge in [0.25, 0.3) is 0 Å². The molecule has 104 valence electrons. The fourth-order valence-corrected chi connectivity index (χ4v) is 1.81. The molecule has 0 aromatic carbocycles. The summed E-state index contributed by atoms with van der Waals surface area (Å²) in [7, 11) is 0. The number of carbonyl (C=O) groups excluding carboxylic acids is 1. The molecular formula is C8H14ClN3O6. The van der Waals surface area contributed by atoms with Crippen LogP contribution in [0.25, 0.3) is 0 Å². The Balaban J connectivity index is 2.86. The molecule has 4 N–H and O–H groups in total. The van der Waals surface area contributed by atoms with Gasteiger partial charge in [-0.1, -0.05) is 11.6 Å². The molecule has 0 bridgehead atoms. The molecule has 2 amide bonds. The highest BCUT2D eigenvalue weighted by Crippen LogP contribution is 2.22. The van der Waals surface area contributed by atoms with Crippen LogP contribution in [0, 0.1) is 4.91 Å². The average molecular weight is 284 g/mol. The molecule has 5 atom stereocenters. The summed E-state index contributed by atoms with van der Waals surface area (Å²) >= 11 is 5.74. The zero-order valence-electron chi connectivity index (χ0n) is 9.43. The summed E-state index contributed by atoms with van der Waals surface area (Å²) in [5.41, 5.74) is 0.671. The molecule has 10 heteroatoms. The van der Waals surface area contributed by atoms with Crippen molar-refractivity contribution in [1.82, 2.24) is 10.3 Å². The summed E-state index contributed by atoms with van der Waals surface area (Å²) in [5, 5.41) is 30.7. The molecule has 1 heterocycles. The number of rotatable bonds is 3. The van der Waals surface area contributed by atoms with E-state index in [-0.39, 0.29) is 6.61 Å². The molecule has 1 rings (SSSR count). The van der Waals surface area contributed by atoms with E-state index in [4.69, 9.17) is 16.3 Å². The van der Waals surface area contributed by atoms with Gasteiger partial charge in [-0.2, -0.15) is 5.43 Å². The number of amides is 2. The number of hydrogen-bond acceptors (Lipinski definition) is 7. The van der Waals surface area contributed by atoms with Crippen molar-refractivity contribution >= 4 is 17.6 Å². The fraction of sp³-hybridized carbons (Fsp3) is 0.875. The van der Waals surface area contributed by atoms with Crippen LogP contribution in [0.1, 0.15) is 6.92 Å². The summed E-state index contributed by atoms with van der Waals surface area (Å²) in [4.78, 5) is 22.3. The first kappa shape index (κ1) is 15.1. The Kier molecular flexibility index (Phi) is 5.23. The number of nitrogens with zero attached hydrogens (tertiary/aromatic N) is 2. The minimum absolute atomic E-state index is 0.287. The highest BCUT2D eigenvalue weighted by atomic mass is 35.5. The Morgan fingerprint density at radius 3 is 2.61 bits per heavy atom. The second kappa shape index (κ2) is 6.25. The van der Waals surface area contributed by atoms with Gasteiger partial charge in [0.2, 0.25) is 0 Å². The SMILES string of the molecule is CC(Cl)N(C(=O)NN=O)C1OC[C@H](O)[C@H](O)[C@@H]1O. The maximum Gasteiger partial charge on any atom is 0.343 e. The number of aliphatic hydroxyl groups excluding tert-OH is 3. The number of ether oxygens (including phenoxy) is 1. The zero-order chi connectivity index (χ0) is 13.9. The van der Waals surface area contributed by atoms with Crippen LogP contribution < -0.4 is 5.43 Å². The standard InChI is InChI=1S/C8H14ClN3O6/c1-3(9)12(8(16)10-11-17)7-6(15)5(14)4(13)2-18-7/h3-7,13-15H,2H2,1H3,(H,10,16,17)/t3?,4-,5-,6-,7?/m0/s1. The third kappa shape index (κ3) is 3.06. The van der Waals surface area contributed by atoms with Gasteiger partial charge in [-0.3, -0.25) is 4.90 Å². The molecule has 1 aliphatic rings. The molecule has 0 spiro atoms. The second-order valence-corrected chi connectivity index (χ2v) is 4.39. The van der Waals surface area contributed by atoms with E-state index in [0.29, 0.717) is 0 Å². The molecule has 1 fully saturated rings. The van der Waals surface area contributed by atoms with Crippen LogP contribution in [0.15, 0.2) is 5.29 Å². The fourth-order valence-electron chi connectivity index (χ4n) is 1.61. The van der Waals surface area contributed by atoms with Crippen molar-refractivity contribution in [2.45, 2.75) is 37.0 Å². The van der Waals surface area contributed by atoms with Gasteiger partial charge in [0.1, 0.15) is 23.8 Å².